The largest absolute Gasteiger partial charge is 0.416 e. The Hall–Kier alpha value is -2.57. The van der Waals surface area contributed by atoms with E-state index >= 15 is 0 Å². The van der Waals surface area contributed by atoms with Crippen molar-refractivity contribution < 1.29 is 31.1 Å². The van der Waals surface area contributed by atoms with Gasteiger partial charge >= 0.3 is 12.4 Å². The number of hydrogen-bond donors (Lipinski definition) is 0. The lowest BCUT2D eigenvalue weighted by Crippen LogP contribution is -2.13. The van der Waals surface area contributed by atoms with Gasteiger partial charge in [0.1, 0.15) is 0 Å². The molecule has 0 amide bonds. The summed E-state index contributed by atoms with van der Waals surface area (Å²) in [5, 5.41) is 0. The zero-order chi connectivity index (χ0) is 21.9. The predicted octanol–water partition coefficient (Wildman–Crippen LogP) is 7.67. The molecule has 1 saturated carbocycles. The minimum Gasteiger partial charge on any atom is -0.289 e. The van der Waals surface area contributed by atoms with Crippen molar-refractivity contribution in [3.8, 4) is 0 Å². The lowest BCUT2D eigenvalue weighted by molar-refractivity contribution is -0.143. The van der Waals surface area contributed by atoms with Crippen molar-refractivity contribution in [3.63, 3.8) is 0 Å². The predicted molar refractivity (Wildman–Crippen MR) is 102 cm³/mol. The fourth-order valence-electron chi connectivity index (χ4n) is 3.68. The van der Waals surface area contributed by atoms with Crippen LogP contribution >= 0.6 is 0 Å². The van der Waals surface area contributed by atoms with E-state index < -0.39 is 34.8 Å². The highest BCUT2D eigenvalue weighted by molar-refractivity contribution is 6.07. The maximum absolute atomic E-state index is 12.9. The van der Waals surface area contributed by atoms with Crippen LogP contribution in [0.1, 0.15) is 70.6 Å². The second-order valence-electron chi connectivity index (χ2n) is 7.49. The van der Waals surface area contributed by atoms with Crippen molar-refractivity contribution >= 4 is 11.9 Å². The first kappa shape index (κ1) is 22.1. The zero-order valence-electron chi connectivity index (χ0n) is 16.0. The molecule has 30 heavy (non-hydrogen) atoms. The summed E-state index contributed by atoms with van der Waals surface area (Å²) in [7, 11) is 0. The molecule has 0 saturated heterocycles. The smallest absolute Gasteiger partial charge is 0.289 e. The standard InChI is InChI=1S/C23H20F6O/c24-22(25,26)19-12-18(13-20(14-19)23(27,28)29)21(30)11-8-15-6-9-17(10-7-15)16-4-2-1-3-5-16/h6-14,16H,1-5H2/b11-8+. The molecule has 0 aromatic heterocycles. The number of alkyl halides is 6. The van der Waals surface area contributed by atoms with Crippen LogP contribution in [-0.4, -0.2) is 5.78 Å². The van der Waals surface area contributed by atoms with E-state index in [0.29, 0.717) is 23.6 Å². The van der Waals surface area contributed by atoms with Crippen LogP contribution in [-0.2, 0) is 12.4 Å². The molecule has 7 heteroatoms. The van der Waals surface area contributed by atoms with E-state index in [2.05, 4.69) is 0 Å². The van der Waals surface area contributed by atoms with Gasteiger partial charge in [-0.25, -0.2) is 0 Å². The lowest BCUT2D eigenvalue weighted by Gasteiger charge is -2.21. The van der Waals surface area contributed by atoms with Crippen molar-refractivity contribution in [2.45, 2.75) is 50.4 Å². The first-order valence-electron chi connectivity index (χ1n) is 9.66. The second kappa shape index (κ2) is 8.66. The summed E-state index contributed by atoms with van der Waals surface area (Å²) in [5.74, 6) is -0.424. The van der Waals surface area contributed by atoms with Crippen LogP contribution in [0.15, 0.2) is 48.5 Å². The van der Waals surface area contributed by atoms with Crippen LogP contribution in [0.25, 0.3) is 6.08 Å². The quantitative estimate of drug-likeness (QED) is 0.279. The van der Waals surface area contributed by atoms with E-state index in [1.54, 1.807) is 12.1 Å². The van der Waals surface area contributed by atoms with Crippen LogP contribution in [0.5, 0.6) is 0 Å². The molecule has 1 aliphatic rings. The molecular formula is C23H20F6O. The molecule has 3 rings (SSSR count). The number of hydrogen-bond acceptors (Lipinski definition) is 1. The molecule has 2 aromatic carbocycles. The summed E-state index contributed by atoms with van der Waals surface area (Å²) < 4.78 is 77.7. The molecule has 0 radical (unpaired) electrons. The maximum Gasteiger partial charge on any atom is 0.416 e. The van der Waals surface area contributed by atoms with Crippen molar-refractivity contribution in [2.75, 3.05) is 0 Å². The number of carbonyl (C=O) groups excluding carboxylic acids is 1. The van der Waals surface area contributed by atoms with Gasteiger partial charge in [-0.1, -0.05) is 49.6 Å². The number of allylic oxidation sites excluding steroid dienone is 1. The third-order valence-corrected chi connectivity index (χ3v) is 5.31. The summed E-state index contributed by atoms with van der Waals surface area (Å²) in [4.78, 5) is 12.3. The van der Waals surface area contributed by atoms with Gasteiger partial charge in [0, 0.05) is 5.56 Å². The Morgan fingerprint density at radius 1 is 0.800 bits per heavy atom. The fraction of sp³-hybridized carbons (Fsp3) is 0.348. The van der Waals surface area contributed by atoms with Gasteiger partial charge in [-0.05, 0) is 54.2 Å². The molecule has 1 aliphatic carbocycles. The first-order chi connectivity index (χ1) is 14.0. The number of rotatable bonds is 4. The minimum atomic E-state index is -4.99. The molecule has 2 aromatic rings. The molecule has 1 fully saturated rings. The third-order valence-electron chi connectivity index (χ3n) is 5.31. The van der Waals surface area contributed by atoms with Gasteiger partial charge in [0.25, 0.3) is 0 Å². The molecule has 0 N–H and O–H groups in total. The molecular weight excluding hydrogens is 406 g/mol. The summed E-state index contributed by atoms with van der Waals surface area (Å²) >= 11 is 0. The van der Waals surface area contributed by atoms with Crippen molar-refractivity contribution in [1.29, 1.82) is 0 Å². The van der Waals surface area contributed by atoms with Gasteiger partial charge in [0.05, 0.1) is 11.1 Å². The Bertz CT molecular complexity index is 884. The summed E-state index contributed by atoms with van der Waals surface area (Å²) in [6.45, 7) is 0. The van der Waals surface area contributed by atoms with E-state index in [0.717, 1.165) is 18.9 Å². The second-order valence-corrected chi connectivity index (χ2v) is 7.49. The Balaban J connectivity index is 1.80. The Morgan fingerprint density at radius 3 is 1.83 bits per heavy atom. The highest BCUT2D eigenvalue weighted by Gasteiger charge is 2.37. The van der Waals surface area contributed by atoms with Crippen LogP contribution in [0, 0.1) is 0 Å². The Kier molecular flexibility index (Phi) is 6.38. The Labute approximate surface area is 170 Å². The first-order valence-corrected chi connectivity index (χ1v) is 9.66. The number of carbonyl (C=O) groups is 1. The van der Waals surface area contributed by atoms with Gasteiger partial charge in [-0.2, -0.15) is 26.3 Å². The van der Waals surface area contributed by atoms with E-state index in [1.807, 2.05) is 12.1 Å². The van der Waals surface area contributed by atoms with E-state index in [4.69, 9.17) is 0 Å². The highest BCUT2D eigenvalue weighted by atomic mass is 19.4. The van der Waals surface area contributed by atoms with E-state index in [9.17, 15) is 31.1 Å². The summed E-state index contributed by atoms with van der Waals surface area (Å²) in [6.07, 6.45) is -1.72. The van der Waals surface area contributed by atoms with Gasteiger partial charge in [-0.3, -0.25) is 4.79 Å². The van der Waals surface area contributed by atoms with Gasteiger partial charge < -0.3 is 0 Å². The van der Waals surface area contributed by atoms with Crippen LogP contribution in [0.2, 0.25) is 0 Å². The van der Waals surface area contributed by atoms with Gasteiger partial charge in [0.2, 0.25) is 0 Å². The van der Waals surface area contributed by atoms with Crippen molar-refractivity contribution in [1.82, 2.24) is 0 Å². The molecule has 0 spiro atoms. The molecule has 0 bridgehead atoms. The molecule has 1 nitrogen and oxygen atoms in total. The topological polar surface area (TPSA) is 17.1 Å². The van der Waals surface area contributed by atoms with E-state index in [-0.39, 0.29) is 6.07 Å². The monoisotopic (exact) mass is 426 g/mol. The molecule has 0 unspecified atom stereocenters. The average Bonchev–Trinajstić information content (AvgIpc) is 2.71. The number of ketones is 1. The molecule has 0 heterocycles. The highest BCUT2D eigenvalue weighted by Crippen LogP contribution is 2.36. The van der Waals surface area contributed by atoms with Crippen LogP contribution in [0.4, 0.5) is 26.3 Å². The average molecular weight is 426 g/mol. The van der Waals surface area contributed by atoms with Crippen LogP contribution in [0.3, 0.4) is 0 Å². The lowest BCUT2D eigenvalue weighted by atomic mass is 9.84. The number of halogens is 6. The third kappa shape index (κ3) is 5.52. The molecule has 160 valence electrons. The maximum atomic E-state index is 12.9. The molecule has 0 aliphatic heterocycles. The normalized spacial score (nSPS) is 16.2. The Morgan fingerprint density at radius 2 is 1.33 bits per heavy atom. The SMILES string of the molecule is O=C(/C=C/c1ccc(C2CCCCC2)cc1)c1cc(C(F)(F)F)cc(C(F)(F)F)c1. The minimum absolute atomic E-state index is 0.00445. The van der Waals surface area contributed by atoms with E-state index in [1.165, 1.54) is 30.9 Å². The van der Waals surface area contributed by atoms with Gasteiger partial charge in [-0.15, -0.1) is 0 Å². The fourth-order valence-corrected chi connectivity index (χ4v) is 3.68. The number of benzene rings is 2. The molecule has 0 atom stereocenters. The van der Waals surface area contributed by atoms with Gasteiger partial charge in [0.15, 0.2) is 5.78 Å². The van der Waals surface area contributed by atoms with Crippen molar-refractivity contribution in [2.24, 2.45) is 0 Å². The summed E-state index contributed by atoms with van der Waals surface area (Å²) in [5.41, 5.74) is -1.83. The zero-order valence-corrected chi connectivity index (χ0v) is 16.0. The summed E-state index contributed by atoms with van der Waals surface area (Å²) in [6, 6.07) is 8.37. The van der Waals surface area contributed by atoms with Crippen molar-refractivity contribution in [3.05, 3.63) is 76.4 Å². The van der Waals surface area contributed by atoms with Crippen LogP contribution < -0.4 is 0 Å².